The second-order valence-electron chi connectivity index (χ2n) is 6.52. The van der Waals surface area contributed by atoms with Crippen LogP contribution < -0.4 is 19.5 Å². The highest BCUT2D eigenvalue weighted by molar-refractivity contribution is 14.0. The van der Waals surface area contributed by atoms with Crippen molar-refractivity contribution in [2.24, 2.45) is 16.6 Å². The van der Waals surface area contributed by atoms with E-state index in [-0.39, 0.29) is 29.7 Å². The van der Waals surface area contributed by atoms with E-state index < -0.39 is 20.0 Å². The molecule has 1 saturated carbocycles. The molecular weight excluding hydrogens is 519 g/mol. The van der Waals surface area contributed by atoms with Crippen LogP contribution in [0.4, 0.5) is 5.69 Å². The van der Waals surface area contributed by atoms with E-state index >= 15 is 0 Å². The number of benzene rings is 1. The largest absolute Gasteiger partial charge is 0.492 e. The Morgan fingerprint density at radius 1 is 1.18 bits per heavy atom. The molecule has 0 heterocycles. The van der Waals surface area contributed by atoms with E-state index in [0.29, 0.717) is 34.5 Å². The van der Waals surface area contributed by atoms with Crippen molar-refractivity contribution >= 4 is 55.7 Å². The summed E-state index contributed by atoms with van der Waals surface area (Å²) < 4.78 is 52.9. The number of rotatable bonds is 9. The third-order valence-electron chi connectivity index (χ3n) is 4.07. The Labute approximate surface area is 183 Å². The molecule has 1 aliphatic rings. The number of aliphatic imine (C=N–C) groups is 1. The van der Waals surface area contributed by atoms with Crippen LogP contribution >= 0.6 is 24.0 Å². The fourth-order valence-electron chi connectivity index (χ4n) is 2.60. The van der Waals surface area contributed by atoms with Gasteiger partial charge in [0.25, 0.3) is 0 Å². The molecule has 3 N–H and O–H groups in total. The van der Waals surface area contributed by atoms with Gasteiger partial charge in [0.05, 0.1) is 24.7 Å². The summed E-state index contributed by atoms with van der Waals surface area (Å²) >= 11 is 0. The van der Waals surface area contributed by atoms with Crippen LogP contribution in [0.1, 0.15) is 19.3 Å². The summed E-state index contributed by atoms with van der Waals surface area (Å²) in [4.78, 5) is 4.28. The number of hydrogen-bond donors (Lipinski definition) is 2. The van der Waals surface area contributed by atoms with Gasteiger partial charge < -0.3 is 15.8 Å². The van der Waals surface area contributed by atoms with Crippen molar-refractivity contribution < 1.29 is 21.6 Å². The van der Waals surface area contributed by atoms with Gasteiger partial charge in [0.2, 0.25) is 20.0 Å². The molecule has 1 fully saturated rings. The molecule has 0 amide bonds. The van der Waals surface area contributed by atoms with Crippen LogP contribution in [-0.2, 0) is 20.0 Å². The number of halogens is 1. The Hall–Kier alpha value is -1.28. The Morgan fingerprint density at radius 2 is 1.75 bits per heavy atom. The average Bonchev–Trinajstić information content (AvgIpc) is 2.49. The molecule has 9 nitrogen and oxygen atoms in total. The number of hydrogen-bond acceptors (Lipinski definition) is 6. The average molecular weight is 546 g/mol. The minimum atomic E-state index is -3.96. The first-order valence-corrected chi connectivity index (χ1v) is 12.2. The highest BCUT2D eigenvalue weighted by Crippen LogP contribution is 2.26. The number of guanidine groups is 1. The van der Waals surface area contributed by atoms with Gasteiger partial charge in [0.15, 0.2) is 5.96 Å². The topological polar surface area (TPSA) is 131 Å². The summed E-state index contributed by atoms with van der Waals surface area (Å²) in [7, 11) is -7.92. The minimum Gasteiger partial charge on any atom is -0.492 e. The molecule has 2 rings (SSSR count). The lowest BCUT2D eigenvalue weighted by Gasteiger charge is -2.23. The number of nitrogens with zero attached hydrogens (tertiary/aromatic N) is 2. The van der Waals surface area contributed by atoms with E-state index in [4.69, 9.17) is 10.5 Å². The molecule has 0 unspecified atom stereocenters. The van der Waals surface area contributed by atoms with Gasteiger partial charge in [-0.3, -0.25) is 4.99 Å². The zero-order valence-corrected chi connectivity index (χ0v) is 19.8. The van der Waals surface area contributed by atoms with Crippen LogP contribution in [0.25, 0.3) is 0 Å². The lowest BCUT2D eigenvalue weighted by molar-refractivity contribution is 0.320. The predicted molar refractivity (Wildman–Crippen MR) is 121 cm³/mol. The molecule has 1 aliphatic carbocycles. The molecule has 12 heteroatoms. The van der Waals surface area contributed by atoms with E-state index in [1.54, 1.807) is 0 Å². The molecule has 0 aliphatic heterocycles. The Morgan fingerprint density at radius 3 is 2.21 bits per heavy atom. The number of nitrogens with two attached hydrogens (primary N) is 1. The minimum absolute atomic E-state index is 0. The molecule has 0 saturated heterocycles. The lowest BCUT2D eigenvalue weighted by atomic mass is 9.86. The zero-order valence-electron chi connectivity index (χ0n) is 15.9. The lowest BCUT2D eigenvalue weighted by Crippen LogP contribution is -2.35. The smallest absolute Gasteiger partial charge is 0.245 e. The van der Waals surface area contributed by atoms with Crippen LogP contribution in [0.5, 0.6) is 5.75 Å². The first kappa shape index (κ1) is 24.8. The monoisotopic (exact) mass is 546 g/mol. The summed E-state index contributed by atoms with van der Waals surface area (Å²) in [5.41, 5.74) is 5.80. The normalized spacial score (nSPS) is 15.3. The van der Waals surface area contributed by atoms with E-state index in [1.165, 1.54) is 43.5 Å². The SMILES string of the molecule is CS(=O)(=O)N(c1ccc(OCCNC(N)=NCC2CCC2)cc1)S(C)(=O)=O.I. The van der Waals surface area contributed by atoms with Crippen LogP contribution in [0.3, 0.4) is 0 Å². The van der Waals surface area contributed by atoms with Crippen molar-refractivity contribution in [2.75, 3.05) is 35.9 Å². The van der Waals surface area contributed by atoms with Gasteiger partial charge in [0, 0.05) is 6.54 Å². The molecule has 0 radical (unpaired) electrons. The molecule has 0 spiro atoms. The standard InChI is InChI=1S/C16H26N4O5S2.HI/c1-26(21,22)20(27(2,23)24)14-6-8-15(9-7-14)25-11-10-18-16(17)19-12-13-4-3-5-13;/h6-9,13H,3-5,10-12H2,1-2H3,(H3,17,18,19);1H. The second kappa shape index (κ2) is 10.5. The van der Waals surface area contributed by atoms with Crippen molar-refractivity contribution in [1.82, 2.24) is 5.32 Å². The van der Waals surface area contributed by atoms with Crippen LogP contribution in [-0.4, -0.2) is 55.0 Å². The van der Waals surface area contributed by atoms with Gasteiger partial charge in [0.1, 0.15) is 12.4 Å². The Bertz CT molecular complexity index is 837. The molecule has 0 aromatic heterocycles. The third kappa shape index (κ3) is 7.62. The van der Waals surface area contributed by atoms with E-state index in [9.17, 15) is 16.8 Å². The molecule has 0 atom stereocenters. The summed E-state index contributed by atoms with van der Waals surface area (Å²) in [5, 5.41) is 2.96. The molecule has 0 bridgehead atoms. The Balaban J connectivity index is 0.00000392. The molecule has 1 aromatic carbocycles. The van der Waals surface area contributed by atoms with Crippen LogP contribution in [0, 0.1) is 5.92 Å². The van der Waals surface area contributed by atoms with Gasteiger partial charge in [-0.05, 0) is 43.0 Å². The van der Waals surface area contributed by atoms with Crippen LogP contribution in [0.2, 0.25) is 0 Å². The number of nitrogens with one attached hydrogen (secondary N) is 1. The summed E-state index contributed by atoms with van der Waals surface area (Å²) in [6.07, 6.45) is 5.37. The van der Waals surface area contributed by atoms with Crippen molar-refractivity contribution in [3.05, 3.63) is 24.3 Å². The van der Waals surface area contributed by atoms with E-state index in [0.717, 1.165) is 19.1 Å². The van der Waals surface area contributed by atoms with Crippen LogP contribution in [0.15, 0.2) is 29.3 Å². The fraction of sp³-hybridized carbons (Fsp3) is 0.562. The van der Waals surface area contributed by atoms with Crippen molar-refractivity contribution in [2.45, 2.75) is 19.3 Å². The first-order valence-electron chi connectivity index (χ1n) is 8.54. The molecule has 1 aromatic rings. The predicted octanol–water partition coefficient (Wildman–Crippen LogP) is 1.11. The first-order chi connectivity index (χ1) is 12.6. The number of anilines is 1. The maximum atomic E-state index is 11.7. The highest BCUT2D eigenvalue weighted by atomic mass is 127. The summed E-state index contributed by atoms with van der Waals surface area (Å²) in [5.74, 6) is 1.52. The maximum absolute atomic E-state index is 11.7. The van der Waals surface area contributed by atoms with Gasteiger partial charge >= 0.3 is 0 Å². The highest BCUT2D eigenvalue weighted by Gasteiger charge is 2.27. The van der Waals surface area contributed by atoms with Gasteiger partial charge in [-0.2, -0.15) is 3.71 Å². The summed E-state index contributed by atoms with van der Waals surface area (Å²) in [6.45, 7) is 1.53. The Kier molecular flexibility index (Phi) is 9.27. The van der Waals surface area contributed by atoms with E-state index in [1.807, 2.05) is 0 Å². The van der Waals surface area contributed by atoms with Gasteiger partial charge in [-0.25, -0.2) is 16.8 Å². The summed E-state index contributed by atoms with van der Waals surface area (Å²) in [6, 6.07) is 5.76. The van der Waals surface area contributed by atoms with Crippen molar-refractivity contribution in [3.63, 3.8) is 0 Å². The van der Waals surface area contributed by atoms with Gasteiger partial charge in [-0.1, -0.05) is 6.42 Å². The number of sulfonamides is 2. The zero-order chi connectivity index (χ0) is 20.1. The maximum Gasteiger partial charge on any atom is 0.245 e. The van der Waals surface area contributed by atoms with Gasteiger partial charge in [-0.15, -0.1) is 24.0 Å². The molecule has 28 heavy (non-hydrogen) atoms. The molecular formula is C16H27IN4O5S2. The second-order valence-corrected chi connectivity index (χ2v) is 10.4. The van der Waals surface area contributed by atoms with Crippen molar-refractivity contribution in [1.29, 1.82) is 0 Å². The molecule has 160 valence electrons. The quantitative estimate of drug-likeness (QED) is 0.205. The fourth-order valence-corrected chi connectivity index (χ4v) is 5.58. The van der Waals surface area contributed by atoms with E-state index in [2.05, 4.69) is 10.3 Å². The van der Waals surface area contributed by atoms with Crippen molar-refractivity contribution in [3.8, 4) is 5.75 Å². The third-order valence-corrected chi connectivity index (χ3v) is 7.32. The number of ether oxygens (including phenoxy) is 1.